The van der Waals surface area contributed by atoms with Crippen molar-refractivity contribution in [3.05, 3.63) is 29.8 Å². The number of hydrogen-bond donors (Lipinski definition) is 2. The van der Waals surface area contributed by atoms with Crippen LogP contribution in [0.25, 0.3) is 11.4 Å². The van der Waals surface area contributed by atoms with Crippen LogP contribution in [0.3, 0.4) is 0 Å². The van der Waals surface area contributed by atoms with Crippen molar-refractivity contribution in [2.75, 3.05) is 18.5 Å². The van der Waals surface area contributed by atoms with Crippen LogP contribution in [0, 0.1) is 5.82 Å². The number of aromatic nitrogens is 3. The van der Waals surface area contributed by atoms with E-state index in [4.69, 9.17) is 10.5 Å². The fourth-order valence-corrected chi connectivity index (χ4v) is 3.67. The first-order valence-corrected chi connectivity index (χ1v) is 9.47. The number of fused-ring (bicyclic) bond motifs is 1. The third-order valence-electron chi connectivity index (χ3n) is 5.42. The standard InChI is InChI=1S/C19H24FN5O2.2ClH/c20-14-6-5-13(17-24-23-16-4-2-1-3-9-25(16)17)12-15(14)22-18(26)19(21)7-10-27-11-8-19;;/h5-6,12H,1-4,7-11,21H2,(H,22,26);2*1H. The molecular formula is C19H26Cl2FN5O2. The summed E-state index contributed by atoms with van der Waals surface area (Å²) in [6, 6.07) is 4.62. The second-order valence-electron chi connectivity index (χ2n) is 7.32. The van der Waals surface area contributed by atoms with Crippen molar-refractivity contribution in [2.24, 2.45) is 5.73 Å². The van der Waals surface area contributed by atoms with Crippen molar-refractivity contribution >= 4 is 36.4 Å². The number of nitrogens with zero attached hydrogens (tertiary/aromatic N) is 3. The average Bonchev–Trinajstić information content (AvgIpc) is 2.92. The maximum atomic E-state index is 14.3. The monoisotopic (exact) mass is 445 g/mol. The molecule has 2 aromatic rings. The average molecular weight is 446 g/mol. The summed E-state index contributed by atoms with van der Waals surface area (Å²) in [6.45, 7) is 1.71. The molecule has 1 aromatic carbocycles. The van der Waals surface area contributed by atoms with Gasteiger partial charge in [0.15, 0.2) is 5.82 Å². The van der Waals surface area contributed by atoms with Crippen molar-refractivity contribution in [3.63, 3.8) is 0 Å². The molecule has 2 aliphatic heterocycles. The SMILES string of the molecule is Cl.Cl.NC1(C(=O)Nc2cc(-c3nnc4n3CCCCC4)ccc2F)CCOCC1. The van der Waals surface area contributed by atoms with Crippen LogP contribution in [0.5, 0.6) is 0 Å². The van der Waals surface area contributed by atoms with E-state index >= 15 is 0 Å². The number of nitrogens with two attached hydrogens (primary N) is 1. The van der Waals surface area contributed by atoms with Crippen molar-refractivity contribution in [3.8, 4) is 11.4 Å². The lowest BCUT2D eigenvalue weighted by Crippen LogP contribution is -2.54. The molecule has 0 radical (unpaired) electrons. The molecule has 0 spiro atoms. The van der Waals surface area contributed by atoms with Gasteiger partial charge in [0, 0.05) is 31.7 Å². The molecule has 0 bridgehead atoms. The Morgan fingerprint density at radius 2 is 1.93 bits per heavy atom. The minimum Gasteiger partial charge on any atom is -0.381 e. The lowest BCUT2D eigenvalue weighted by atomic mass is 9.90. The number of nitrogens with one attached hydrogen (secondary N) is 1. The van der Waals surface area contributed by atoms with E-state index in [1.165, 1.54) is 6.07 Å². The van der Waals surface area contributed by atoms with E-state index < -0.39 is 11.4 Å². The van der Waals surface area contributed by atoms with Gasteiger partial charge in [-0.25, -0.2) is 4.39 Å². The van der Waals surface area contributed by atoms with Gasteiger partial charge in [-0.1, -0.05) is 6.42 Å². The number of anilines is 1. The second-order valence-corrected chi connectivity index (χ2v) is 7.32. The molecular weight excluding hydrogens is 420 g/mol. The Labute approximate surface area is 181 Å². The highest BCUT2D eigenvalue weighted by Gasteiger charge is 2.36. The van der Waals surface area contributed by atoms with E-state index in [0.29, 0.717) is 31.9 Å². The molecule has 1 saturated heterocycles. The highest BCUT2D eigenvalue weighted by atomic mass is 35.5. The van der Waals surface area contributed by atoms with Gasteiger partial charge in [-0.15, -0.1) is 35.0 Å². The van der Waals surface area contributed by atoms with Crippen molar-refractivity contribution in [1.82, 2.24) is 14.8 Å². The predicted molar refractivity (Wildman–Crippen MR) is 113 cm³/mol. The molecule has 0 unspecified atom stereocenters. The molecule has 1 aromatic heterocycles. The number of halogens is 3. The van der Waals surface area contributed by atoms with Gasteiger partial charge in [0.1, 0.15) is 17.2 Å². The van der Waals surface area contributed by atoms with E-state index in [1.54, 1.807) is 12.1 Å². The Kier molecular flexibility index (Phi) is 7.99. The van der Waals surface area contributed by atoms with E-state index in [2.05, 4.69) is 20.1 Å². The summed E-state index contributed by atoms with van der Waals surface area (Å²) in [4.78, 5) is 12.6. The highest BCUT2D eigenvalue weighted by molar-refractivity contribution is 5.98. The minimum absolute atomic E-state index is 0. The molecule has 0 saturated carbocycles. The molecule has 0 atom stereocenters. The Hall–Kier alpha value is -1.74. The molecule has 3 N–H and O–H groups in total. The Balaban J connectivity index is 0.00000150. The third kappa shape index (κ3) is 4.88. The fraction of sp³-hybridized carbons (Fsp3) is 0.526. The number of benzene rings is 1. The molecule has 1 fully saturated rings. The van der Waals surface area contributed by atoms with Crippen LogP contribution in [-0.2, 0) is 22.5 Å². The largest absolute Gasteiger partial charge is 0.381 e. The third-order valence-corrected chi connectivity index (χ3v) is 5.42. The van der Waals surface area contributed by atoms with E-state index in [9.17, 15) is 9.18 Å². The van der Waals surface area contributed by atoms with Crippen LogP contribution < -0.4 is 11.1 Å². The topological polar surface area (TPSA) is 95.1 Å². The van der Waals surface area contributed by atoms with Gasteiger partial charge in [0.25, 0.3) is 0 Å². The Bertz CT molecular complexity index is 855. The zero-order chi connectivity index (χ0) is 18.9. The number of ether oxygens (including phenoxy) is 1. The molecule has 29 heavy (non-hydrogen) atoms. The van der Waals surface area contributed by atoms with E-state index in [-0.39, 0.29) is 36.4 Å². The van der Waals surface area contributed by atoms with Gasteiger partial charge in [0.05, 0.1) is 5.69 Å². The molecule has 1 amide bonds. The van der Waals surface area contributed by atoms with Crippen LogP contribution in [-0.4, -0.2) is 39.4 Å². The summed E-state index contributed by atoms with van der Waals surface area (Å²) in [5.41, 5.74) is 6.00. The number of carbonyl (C=O) groups is 1. The maximum absolute atomic E-state index is 14.3. The lowest BCUT2D eigenvalue weighted by Gasteiger charge is -2.31. The summed E-state index contributed by atoms with van der Waals surface area (Å²) in [5, 5.41) is 11.3. The summed E-state index contributed by atoms with van der Waals surface area (Å²) in [7, 11) is 0. The van der Waals surface area contributed by atoms with Gasteiger partial charge in [0.2, 0.25) is 5.91 Å². The zero-order valence-electron chi connectivity index (χ0n) is 16.0. The molecule has 7 nitrogen and oxygen atoms in total. The summed E-state index contributed by atoms with van der Waals surface area (Å²) in [6.07, 6.45) is 5.06. The zero-order valence-corrected chi connectivity index (χ0v) is 17.7. The number of carbonyl (C=O) groups excluding carboxylic acids is 1. The lowest BCUT2D eigenvalue weighted by molar-refractivity contribution is -0.124. The number of aryl methyl sites for hydroxylation is 1. The first kappa shape index (κ1) is 23.5. The molecule has 3 heterocycles. The van der Waals surface area contributed by atoms with E-state index in [0.717, 1.165) is 43.6 Å². The normalized spacial score (nSPS) is 17.9. The summed E-state index contributed by atoms with van der Waals surface area (Å²) in [5.74, 6) is 0.775. The van der Waals surface area contributed by atoms with Crippen molar-refractivity contribution < 1.29 is 13.9 Å². The van der Waals surface area contributed by atoms with Gasteiger partial charge in [-0.05, 0) is 43.9 Å². The first-order valence-electron chi connectivity index (χ1n) is 9.47. The molecule has 2 aliphatic rings. The van der Waals surface area contributed by atoms with Gasteiger partial charge in [-0.2, -0.15) is 0 Å². The summed E-state index contributed by atoms with van der Waals surface area (Å²) >= 11 is 0. The molecule has 10 heteroatoms. The van der Waals surface area contributed by atoms with Crippen LogP contribution in [0.4, 0.5) is 10.1 Å². The highest BCUT2D eigenvalue weighted by Crippen LogP contribution is 2.28. The number of amides is 1. The molecule has 0 aliphatic carbocycles. The minimum atomic E-state index is -1.04. The van der Waals surface area contributed by atoms with Gasteiger partial charge < -0.3 is 20.4 Å². The van der Waals surface area contributed by atoms with Gasteiger partial charge in [-0.3, -0.25) is 4.79 Å². The Morgan fingerprint density at radius 1 is 1.17 bits per heavy atom. The maximum Gasteiger partial charge on any atom is 0.244 e. The smallest absolute Gasteiger partial charge is 0.244 e. The Morgan fingerprint density at radius 3 is 2.69 bits per heavy atom. The number of hydrogen-bond acceptors (Lipinski definition) is 5. The molecule has 160 valence electrons. The molecule has 4 rings (SSSR count). The quantitative estimate of drug-likeness (QED) is 0.756. The van der Waals surface area contributed by atoms with Crippen LogP contribution in [0.1, 0.15) is 37.9 Å². The van der Waals surface area contributed by atoms with Crippen LogP contribution in [0.2, 0.25) is 0 Å². The first-order chi connectivity index (χ1) is 13.1. The second kappa shape index (κ2) is 9.84. The van der Waals surface area contributed by atoms with Crippen molar-refractivity contribution in [1.29, 1.82) is 0 Å². The summed E-state index contributed by atoms with van der Waals surface area (Å²) < 4.78 is 21.7. The van der Waals surface area contributed by atoms with E-state index in [1.807, 2.05) is 0 Å². The van der Waals surface area contributed by atoms with Gasteiger partial charge >= 0.3 is 0 Å². The van der Waals surface area contributed by atoms with Crippen LogP contribution in [0.15, 0.2) is 18.2 Å². The van der Waals surface area contributed by atoms with Crippen LogP contribution >= 0.6 is 24.8 Å². The predicted octanol–water partition coefficient (Wildman–Crippen LogP) is 3.10. The fourth-order valence-electron chi connectivity index (χ4n) is 3.67. The number of rotatable bonds is 3. The van der Waals surface area contributed by atoms with Crippen molar-refractivity contribution in [2.45, 2.75) is 50.6 Å².